The average Bonchev–Trinajstić information content (AvgIpc) is 2.84. The molecule has 0 bridgehead atoms. The van der Waals surface area contributed by atoms with Gasteiger partial charge >= 0.3 is 23.9 Å². The van der Waals surface area contributed by atoms with Crippen LogP contribution >= 0.6 is 0 Å². The molecule has 0 saturated heterocycles. The lowest BCUT2D eigenvalue weighted by Crippen LogP contribution is -2.01. The highest BCUT2D eigenvalue weighted by Crippen LogP contribution is 2.22. The fourth-order valence-corrected chi connectivity index (χ4v) is 2.48. The van der Waals surface area contributed by atoms with E-state index in [0.29, 0.717) is 22.6 Å². The maximum atomic E-state index is 11.3. The number of rotatable bonds is 6. The molecule has 3 rings (SSSR count). The van der Waals surface area contributed by atoms with E-state index in [1.54, 1.807) is 48.5 Å². The van der Waals surface area contributed by atoms with E-state index in [0.717, 1.165) is 6.07 Å². The molecular weight excluding hydrogens is 432 g/mol. The first-order valence-electron chi connectivity index (χ1n) is 9.36. The summed E-state index contributed by atoms with van der Waals surface area (Å²) in [5.41, 5.74) is 0.863. The molecule has 0 amide bonds. The van der Waals surface area contributed by atoms with Crippen molar-refractivity contribution in [2.24, 2.45) is 0 Å². The maximum Gasteiger partial charge on any atom is 0.337 e. The van der Waals surface area contributed by atoms with Gasteiger partial charge in [0, 0.05) is 0 Å². The Hall–Kier alpha value is -4.66. The van der Waals surface area contributed by atoms with E-state index < -0.39 is 23.9 Å². The van der Waals surface area contributed by atoms with Gasteiger partial charge in [-0.05, 0) is 66.7 Å². The maximum absolute atomic E-state index is 11.3. The number of carboxylic acid groups (broad SMARTS) is 2. The van der Waals surface area contributed by atoms with Gasteiger partial charge in [0.25, 0.3) is 0 Å². The number of carbonyl (C=O) groups is 4. The minimum absolute atomic E-state index is 0.0186. The smallest absolute Gasteiger partial charge is 0.337 e. The summed E-state index contributed by atoms with van der Waals surface area (Å²) < 4.78 is 14.8. The summed E-state index contributed by atoms with van der Waals surface area (Å²) >= 11 is 0. The fraction of sp³-hybridized carbons (Fsp3) is 0.0833. The highest BCUT2D eigenvalue weighted by atomic mass is 16.5. The minimum Gasteiger partial charge on any atom is -0.478 e. The number of carboxylic acids is 2. The Balaban J connectivity index is 0.000000273. The van der Waals surface area contributed by atoms with Gasteiger partial charge in [-0.3, -0.25) is 0 Å². The summed E-state index contributed by atoms with van der Waals surface area (Å²) in [5.74, 6) is -1.90. The first-order valence-corrected chi connectivity index (χ1v) is 9.36. The van der Waals surface area contributed by atoms with Crippen LogP contribution in [0.5, 0.6) is 11.5 Å². The van der Waals surface area contributed by atoms with E-state index >= 15 is 0 Å². The lowest BCUT2D eigenvalue weighted by molar-refractivity contribution is 0.0592. The molecule has 3 aromatic carbocycles. The standard InChI is InChI=1S/C16H14O5.C8H6O4/c1-19-15(17)11-3-7-13(8-4-11)21-14-9-5-12(6-10-14)16(18)20-2;9-7(10)5-2-1-3-6(4-5)8(11)12/h3-10H,1-2H3;1-4H,(H,9,10)(H,11,12). The molecule has 0 atom stereocenters. The highest BCUT2D eigenvalue weighted by molar-refractivity contribution is 5.93. The Morgan fingerprint density at radius 3 is 1.24 bits per heavy atom. The number of hydrogen-bond acceptors (Lipinski definition) is 7. The predicted molar refractivity (Wildman–Crippen MR) is 116 cm³/mol. The molecule has 0 saturated carbocycles. The molecule has 0 aromatic heterocycles. The number of hydrogen-bond donors (Lipinski definition) is 2. The van der Waals surface area contributed by atoms with Crippen molar-refractivity contribution in [2.75, 3.05) is 14.2 Å². The molecular formula is C24H20O9. The number of benzene rings is 3. The Bertz CT molecular complexity index is 1050. The zero-order valence-corrected chi connectivity index (χ0v) is 17.7. The molecule has 0 aliphatic rings. The van der Waals surface area contributed by atoms with E-state index in [4.69, 9.17) is 14.9 Å². The van der Waals surface area contributed by atoms with E-state index in [1.165, 1.54) is 32.4 Å². The minimum atomic E-state index is -1.13. The molecule has 9 heteroatoms. The Morgan fingerprint density at radius 1 is 0.576 bits per heavy atom. The fourth-order valence-electron chi connectivity index (χ4n) is 2.48. The van der Waals surface area contributed by atoms with Crippen molar-refractivity contribution in [1.82, 2.24) is 0 Å². The molecule has 0 spiro atoms. The van der Waals surface area contributed by atoms with Gasteiger partial charge in [0.15, 0.2) is 0 Å². The van der Waals surface area contributed by atoms with Gasteiger partial charge in [0.1, 0.15) is 11.5 Å². The van der Waals surface area contributed by atoms with Crippen molar-refractivity contribution in [3.05, 3.63) is 95.1 Å². The number of aromatic carboxylic acids is 2. The van der Waals surface area contributed by atoms with Crippen molar-refractivity contribution in [1.29, 1.82) is 0 Å². The summed E-state index contributed by atoms with van der Waals surface area (Å²) in [7, 11) is 2.66. The lowest BCUT2D eigenvalue weighted by Gasteiger charge is -2.07. The Kier molecular flexibility index (Phi) is 8.69. The van der Waals surface area contributed by atoms with Gasteiger partial charge in [-0.25, -0.2) is 19.2 Å². The SMILES string of the molecule is COC(=O)c1ccc(Oc2ccc(C(=O)OC)cc2)cc1.O=C(O)c1cccc(C(=O)O)c1. The Labute approximate surface area is 188 Å². The van der Waals surface area contributed by atoms with Crippen molar-refractivity contribution in [3.63, 3.8) is 0 Å². The van der Waals surface area contributed by atoms with Crippen LogP contribution in [0.3, 0.4) is 0 Å². The van der Waals surface area contributed by atoms with Crippen LogP contribution in [0.25, 0.3) is 0 Å². The van der Waals surface area contributed by atoms with Crippen LogP contribution < -0.4 is 4.74 Å². The second-order valence-electron chi connectivity index (χ2n) is 6.33. The van der Waals surface area contributed by atoms with E-state index in [-0.39, 0.29) is 11.1 Å². The first-order chi connectivity index (χ1) is 15.7. The summed E-state index contributed by atoms with van der Waals surface area (Å²) in [4.78, 5) is 43.4. The molecule has 0 aliphatic carbocycles. The van der Waals surface area contributed by atoms with E-state index in [9.17, 15) is 19.2 Å². The molecule has 3 aromatic rings. The average molecular weight is 452 g/mol. The normalized spacial score (nSPS) is 9.64. The molecule has 9 nitrogen and oxygen atoms in total. The number of ether oxygens (including phenoxy) is 3. The van der Waals surface area contributed by atoms with Gasteiger partial charge in [-0.2, -0.15) is 0 Å². The van der Waals surface area contributed by atoms with Crippen molar-refractivity contribution < 1.29 is 43.6 Å². The topological polar surface area (TPSA) is 136 Å². The van der Waals surface area contributed by atoms with Crippen molar-refractivity contribution in [2.45, 2.75) is 0 Å². The molecule has 170 valence electrons. The van der Waals surface area contributed by atoms with E-state index in [1.807, 2.05) is 0 Å². The van der Waals surface area contributed by atoms with E-state index in [2.05, 4.69) is 9.47 Å². The van der Waals surface area contributed by atoms with Crippen LogP contribution in [0.2, 0.25) is 0 Å². The number of methoxy groups -OCH3 is 2. The predicted octanol–water partition coefficient (Wildman–Crippen LogP) is 4.14. The summed E-state index contributed by atoms with van der Waals surface area (Å²) in [6, 6.07) is 18.3. The van der Waals surface area contributed by atoms with Crippen molar-refractivity contribution in [3.8, 4) is 11.5 Å². The zero-order chi connectivity index (χ0) is 24.4. The monoisotopic (exact) mass is 452 g/mol. The molecule has 0 aliphatic heterocycles. The third kappa shape index (κ3) is 7.21. The summed E-state index contributed by atoms with van der Waals surface area (Å²) in [6.07, 6.45) is 0. The molecule has 0 heterocycles. The lowest BCUT2D eigenvalue weighted by atomic mass is 10.1. The molecule has 33 heavy (non-hydrogen) atoms. The first kappa shape index (κ1) is 24.6. The van der Waals surface area contributed by atoms with Crippen LogP contribution in [0.4, 0.5) is 0 Å². The molecule has 0 radical (unpaired) electrons. The number of esters is 2. The van der Waals surface area contributed by atoms with Crippen LogP contribution in [-0.2, 0) is 9.47 Å². The third-order valence-electron chi connectivity index (χ3n) is 4.14. The van der Waals surface area contributed by atoms with Gasteiger partial charge < -0.3 is 24.4 Å². The van der Waals surface area contributed by atoms with Crippen LogP contribution in [0, 0.1) is 0 Å². The van der Waals surface area contributed by atoms with Gasteiger partial charge in [0.05, 0.1) is 36.5 Å². The van der Waals surface area contributed by atoms with Gasteiger partial charge in [0.2, 0.25) is 0 Å². The largest absolute Gasteiger partial charge is 0.478 e. The third-order valence-corrected chi connectivity index (χ3v) is 4.14. The van der Waals surface area contributed by atoms with Gasteiger partial charge in [-0.15, -0.1) is 0 Å². The number of carbonyl (C=O) groups excluding carboxylic acids is 2. The summed E-state index contributed by atoms with van der Waals surface area (Å²) in [5, 5.41) is 17.0. The van der Waals surface area contributed by atoms with Crippen LogP contribution in [0.15, 0.2) is 72.8 Å². The Morgan fingerprint density at radius 2 is 0.939 bits per heavy atom. The molecule has 0 unspecified atom stereocenters. The zero-order valence-electron chi connectivity index (χ0n) is 17.7. The second kappa shape index (κ2) is 11.7. The molecule has 2 N–H and O–H groups in total. The van der Waals surface area contributed by atoms with Crippen LogP contribution in [0.1, 0.15) is 41.4 Å². The quantitative estimate of drug-likeness (QED) is 0.529. The van der Waals surface area contributed by atoms with Crippen LogP contribution in [-0.4, -0.2) is 48.3 Å². The summed E-state index contributed by atoms with van der Waals surface area (Å²) in [6.45, 7) is 0. The van der Waals surface area contributed by atoms with Crippen molar-refractivity contribution >= 4 is 23.9 Å². The van der Waals surface area contributed by atoms with Gasteiger partial charge in [-0.1, -0.05) is 6.07 Å². The second-order valence-corrected chi connectivity index (χ2v) is 6.33. The highest BCUT2D eigenvalue weighted by Gasteiger charge is 2.08. The molecule has 0 fully saturated rings.